The highest BCUT2D eigenvalue weighted by Gasteiger charge is 2.38. The predicted molar refractivity (Wildman–Crippen MR) is 60.0 cm³/mol. The molecule has 3 heteroatoms. The van der Waals surface area contributed by atoms with Crippen LogP contribution in [-0.4, -0.2) is 15.4 Å². The maximum Gasteiger partial charge on any atom is 0.140 e. The summed E-state index contributed by atoms with van der Waals surface area (Å²) in [6, 6.07) is 4.50. The van der Waals surface area contributed by atoms with Gasteiger partial charge in [-0.25, -0.2) is 4.98 Å². The molecule has 1 fully saturated rings. The SMILES string of the molecule is Cc1nc2c(C)cccn2c1C1CC1N. The second-order valence-corrected chi connectivity index (χ2v) is 4.47. The summed E-state index contributed by atoms with van der Waals surface area (Å²) in [5.41, 5.74) is 10.6. The standard InChI is InChI=1S/C12H15N3/c1-7-4-3-5-15-11(9-6-10(9)13)8(2)14-12(7)15/h3-5,9-10H,6,13H2,1-2H3. The molecule has 1 saturated carbocycles. The van der Waals surface area contributed by atoms with Crippen molar-refractivity contribution >= 4 is 5.65 Å². The van der Waals surface area contributed by atoms with E-state index in [1.165, 1.54) is 11.3 Å². The molecular formula is C12H15N3. The van der Waals surface area contributed by atoms with E-state index >= 15 is 0 Å². The van der Waals surface area contributed by atoms with Crippen molar-refractivity contribution < 1.29 is 0 Å². The van der Waals surface area contributed by atoms with Crippen LogP contribution in [0.1, 0.15) is 29.3 Å². The second-order valence-electron chi connectivity index (χ2n) is 4.47. The third-order valence-electron chi connectivity index (χ3n) is 3.26. The van der Waals surface area contributed by atoms with Crippen molar-refractivity contribution in [2.24, 2.45) is 5.73 Å². The van der Waals surface area contributed by atoms with Gasteiger partial charge < -0.3 is 10.1 Å². The lowest BCUT2D eigenvalue weighted by Crippen LogP contribution is -2.03. The average Bonchev–Trinajstić information content (AvgIpc) is 2.78. The zero-order valence-corrected chi connectivity index (χ0v) is 9.07. The smallest absolute Gasteiger partial charge is 0.140 e. The molecule has 2 atom stereocenters. The van der Waals surface area contributed by atoms with Crippen LogP contribution in [0.4, 0.5) is 0 Å². The quantitative estimate of drug-likeness (QED) is 0.764. The van der Waals surface area contributed by atoms with Gasteiger partial charge in [0.15, 0.2) is 0 Å². The van der Waals surface area contributed by atoms with Gasteiger partial charge >= 0.3 is 0 Å². The Kier molecular flexibility index (Phi) is 1.68. The Morgan fingerprint density at radius 1 is 1.47 bits per heavy atom. The summed E-state index contributed by atoms with van der Waals surface area (Å²) >= 11 is 0. The van der Waals surface area contributed by atoms with Crippen LogP contribution in [0.5, 0.6) is 0 Å². The molecule has 2 aromatic rings. The molecule has 3 nitrogen and oxygen atoms in total. The van der Waals surface area contributed by atoms with Crippen molar-refractivity contribution in [2.75, 3.05) is 0 Å². The zero-order chi connectivity index (χ0) is 10.6. The van der Waals surface area contributed by atoms with Crippen molar-refractivity contribution in [1.29, 1.82) is 0 Å². The molecule has 1 aliphatic carbocycles. The lowest BCUT2D eigenvalue weighted by atomic mass is 10.2. The fraction of sp³-hybridized carbons (Fsp3) is 0.417. The van der Waals surface area contributed by atoms with Crippen LogP contribution < -0.4 is 5.73 Å². The first kappa shape index (κ1) is 8.92. The van der Waals surface area contributed by atoms with E-state index in [1.807, 2.05) is 0 Å². The molecule has 0 aliphatic heterocycles. The van der Waals surface area contributed by atoms with Crippen molar-refractivity contribution in [3.8, 4) is 0 Å². The summed E-state index contributed by atoms with van der Waals surface area (Å²) in [6.45, 7) is 4.17. The van der Waals surface area contributed by atoms with Crippen LogP contribution in [0.25, 0.3) is 5.65 Å². The summed E-state index contributed by atoms with van der Waals surface area (Å²) in [5.74, 6) is 0.516. The Hall–Kier alpha value is -1.35. The van der Waals surface area contributed by atoms with E-state index < -0.39 is 0 Å². The second kappa shape index (κ2) is 2.83. The predicted octanol–water partition coefficient (Wildman–Crippen LogP) is 1.77. The molecule has 1 aliphatic rings. The van der Waals surface area contributed by atoms with Gasteiger partial charge in [-0.1, -0.05) is 6.07 Å². The fourth-order valence-electron chi connectivity index (χ4n) is 2.31. The highest BCUT2D eigenvalue weighted by molar-refractivity contribution is 5.51. The van der Waals surface area contributed by atoms with E-state index in [0.29, 0.717) is 12.0 Å². The number of fused-ring (bicyclic) bond motifs is 1. The molecule has 78 valence electrons. The van der Waals surface area contributed by atoms with Crippen LogP contribution in [0.2, 0.25) is 0 Å². The maximum absolute atomic E-state index is 5.91. The summed E-state index contributed by atoms with van der Waals surface area (Å²) in [6.07, 6.45) is 3.19. The van der Waals surface area contributed by atoms with E-state index in [0.717, 1.165) is 17.8 Å². The van der Waals surface area contributed by atoms with Crippen molar-refractivity contribution in [1.82, 2.24) is 9.38 Å². The number of aryl methyl sites for hydroxylation is 2. The molecule has 0 bridgehead atoms. The fourth-order valence-corrected chi connectivity index (χ4v) is 2.31. The minimum atomic E-state index is 0.337. The number of nitrogens with two attached hydrogens (primary N) is 1. The van der Waals surface area contributed by atoms with E-state index in [4.69, 9.17) is 5.73 Å². The molecule has 0 aromatic carbocycles. The van der Waals surface area contributed by atoms with Gasteiger partial charge in [-0.15, -0.1) is 0 Å². The Morgan fingerprint density at radius 2 is 2.20 bits per heavy atom. The van der Waals surface area contributed by atoms with Crippen molar-refractivity contribution in [3.05, 3.63) is 35.3 Å². The minimum Gasteiger partial charge on any atom is -0.327 e. The Labute approximate surface area is 88.9 Å². The zero-order valence-electron chi connectivity index (χ0n) is 9.07. The monoisotopic (exact) mass is 201 g/mol. The van der Waals surface area contributed by atoms with Crippen molar-refractivity contribution in [2.45, 2.75) is 32.2 Å². The minimum absolute atomic E-state index is 0.337. The van der Waals surface area contributed by atoms with E-state index in [1.54, 1.807) is 0 Å². The lowest BCUT2D eigenvalue weighted by Gasteiger charge is -2.01. The third kappa shape index (κ3) is 1.20. The normalized spacial score (nSPS) is 24.7. The van der Waals surface area contributed by atoms with Gasteiger partial charge in [-0.3, -0.25) is 0 Å². The lowest BCUT2D eigenvalue weighted by molar-refractivity contribution is 0.911. The number of hydrogen-bond donors (Lipinski definition) is 1. The molecule has 15 heavy (non-hydrogen) atoms. The molecule has 2 aromatic heterocycles. The third-order valence-corrected chi connectivity index (χ3v) is 3.26. The number of rotatable bonds is 1. The van der Waals surface area contributed by atoms with Gasteiger partial charge in [0.2, 0.25) is 0 Å². The van der Waals surface area contributed by atoms with Gasteiger partial charge in [0.05, 0.1) is 11.4 Å². The molecule has 0 amide bonds. The molecule has 2 heterocycles. The maximum atomic E-state index is 5.91. The van der Waals surface area contributed by atoms with Crippen LogP contribution in [0, 0.1) is 13.8 Å². The van der Waals surface area contributed by atoms with Crippen LogP contribution >= 0.6 is 0 Å². The number of imidazole rings is 1. The van der Waals surface area contributed by atoms with Gasteiger partial charge in [0.25, 0.3) is 0 Å². The largest absolute Gasteiger partial charge is 0.327 e. The van der Waals surface area contributed by atoms with Crippen LogP contribution in [-0.2, 0) is 0 Å². The molecule has 3 rings (SSSR count). The number of nitrogens with zero attached hydrogens (tertiary/aromatic N) is 2. The molecule has 0 spiro atoms. The molecule has 2 N–H and O–H groups in total. The molecular weight excluding hydrogens is 186 g/mol. The van der Waals surface area contributed by atoms with Crippen LogP contribution in [0.3, 0.4) is 0 Å². The first-order chi connectivity index (χ1) is 7.18. The Balaban J connectivity index is 2.29. The summed E-state index contributed by atoms with van der Waals surface area (Å²) in [7, 11) is 0. The first-order valence-corrected chi connectivity index (χ1v) is 5.38. The number of hydrogen-bond acceptors (Lipinski definition) is 2. The molecule has 0 saturated heterocycles. The molecule has 2 unspecified atom stereocenters. The van der Waals surface area contributed by atoms with Gasteiger partial charge in [-0.2, -0.15) is 0 Å². The summed E-state index contributed by atoms with van der Waals surface area (Å²) in [4.78, 5) is 4.62. The molecule has 0 radical (unpaired) electrons. The summed E-state index contributed by atoms with van der Waals surface area (Å²) < 4.78 is 2.20. The summed E-state index contributed by atoms with van der Waals surface area (Å²) in [5, 5.41) is 0. The average molecular weight is 201 g/mol. The van der Waals surface area contributed by atoms with E-state index in [2.05, 4.69) is 41.6 Å². The number of aromatic nitrogens is 2. The first-order valence-electron chi connectivity index (χ1n) is 5.38. The Morgan fingerprint density at radius 3 is 2.87 bits per heavy atom. The van der Waals surface area contributed by atoms with Gasteiger partial charge in [0.1, 0.15) is 5.65 Å². The van der Waals surface area contributed by atoms with E-state index in [9.17, 15) is 0 Å². The highest BCUT2D eigenvalue weighted by atomic mass is 15.0. The highest BCUT2D eigenvalue weighted by Crippen LogP contribution is 2.40. The van der Waals surface area contributed by atoms with Crippen LogP contribution in [0.15, 0.2) is 18.3 Å². The topological polar surface area (TPSA) is 43.3 Å². The van der Waals surface area contributed by atoms with Gasteiger partial charge in [-0.05, 0) is 31.9 Å². The number of pyridine rings is 1. The van der Waals surface area contributed by atoms with Gasteiger partial charge in [0, 0.05) is 18.2 Å². The Bertz CT molecular complexity index is 527. The van der Waals surface area contributed by atoms with Crippen molar-refractivity contribution in [3.63, 3.8) is 0 Å². The van der Waals surface area contributed by atoms with E-state index in [-0.39, 0.29) is 0 Å².